The van der Waals surface area contributed by atoms with E-state index < -0.39 is 0 Å². The number of rotatable bonds is 7. The zero-order valence-electron chi connectivity index (χ0n) is 12.5. The molecule has 0 spiro atoms. The SMILES string of the molecule is CCC(CSC)N(C)CC1(CO)CCCCCC1. The first-order chi connectivity index (χ1) is 8.67. The van der Waals surface area contributed by atoms with Crippen molar-refractivity contribution in [1.82, 2.24) is 4.90 Å². The van der Waals surface area contributed by atoms with Crippen LogP contribution in [0, 0.1) is 5.41 Å². The Morgan fingerprint density at radius 2 is 1.83 bits per heavy atom. The maximum absolute atomic E-state index is 9.87. The summed E-state index contributed by atoms with van der Waals surface area (Å²) in [6.07, 6.45) is 11.1. The zero-order chi connectivity index (χ0) is 13.4. The first-order valence-electron chi connectivity index (χ1n) is 7.47. The molecule has 1 fully saturated rings. The summed E-state index contributed by atoms with van der Waals surface area (Å²) < 4.78 is 0. The molecule has 0 saturated heterocycles. The van der Waals surface area contributed by atoms with E-state index in [1.807, 2.05) is 11.8 Å². The van der Waals surface area contributed by atoms with E-state index in [4.69, 9.17) is 0 Å². The lowest BCUT2D eigenvalue weighted by Crippen LogP contribution is -2.43. The van der Waals surface area contributed by atoms with Gasteiger partial charge in [-0.3, -0.25) is 0 Å². The topological polar surface area (TPSA) is 23.5 Å². The van der Waals surface area contributed by atoms with Crippen LogP contribution in [0.2, 0.25) is 0 Å². The summed E-state index contributed by atoms with van der Waals surface area (Å²) >= 11 is 1.93. The van der Waals surface area contributed by atoms with Gasteiger partial charge in [0.2, 0.25) is 0 Å². The van der Waals surface area contributed by atoms with E-state index in [-0.39, 0.29) is 5.41 Å². The standard InChI is InChI=1S/C15H31NOS/c1-4-14(11-18-3)16(2)12-15(13-17)9-7-5-6-8-10-15/h14,17H,4-13H2,1-3H3. The van der Waals surface area contributed by atoms with Crippen molar-refractivity contribution in [3.63, 3.8) is 0 Å². The van der Waals surface area contributed by atoms with Crippen molar-refractivity contribution in [2.24, 2.45) is 5.41 Å². The minimum atomic E-state index is 0.178. The summed E-state index contributed by atoms with van der Waals surface area (Å²) in [6.45, 7) is 3.71. The van der Waals surface area contributed by atoms with E-state index in [1.54, 1.807) is 0 Å². The van der Waals surface area contributed by atoms with E-state index in [9.17, 15) is 5.11 Å². The normalized spacial score (nSPS) is 21.8. The fraction of sp³-hybridized carbons (Fsp3) is 1.00. The molecule has 1 aliphatic carbocycles. The third-order valence-electron chi connectivity index (χ3n) is 4.54. The lowest BCUT2D eigenvalue weighted by molar-refractivity contribution is 0.0563. The van der Waals surface area contributed by atoms with Gasteiger partial charge in [-0.2, -0.15) is 11.8 Å². The summed E-state index contributed by atoms with van der Waals surface area (Å²) in [5, 5.41) is 9.87. The second-order valence-electron chi connectivity index (χ2n) is 6.00. The predicted octanol–water partition coefficient (Wildman–Crippen LogP) is 3.39. The van der Waals surface area contributed by atoms with Crippen LogP contribution in [0.25, 0.3) is 0 Å². The monoisotopic (exact) mass is 273 g/mol. The maximum atomic E-state index is 9.87. The molecule has 1 N–H and O–H groups in total. The number of hydrogen-bond acceptors (Lipinski definition) is 3. The lowest BCUT2D eigenvalue weighted by atomic mass is 9.80. The van der Waals surface area contributed by atoms with E-state index in [0.717, 1.165) is 6.54 Å². The lowest BCUT2D eigenvalue weighted by Gasteiger charge is -2.38. The highest BCUT2D eigenvalue weighted by Crippen LogP contribution is 2.35. The molecule has 0 heterocycles. The summed E-state index contributed by atoms with van der Waals surface area (Å²) in [5.41, 5.74) is 0.178. The molecule has 0 aromatic carbocycles. The largest absolute Gasteiger partial charge is 0.396 e. The molecule has 2 nitrogen and oxygen atoms in total. The molecule has 18 heavy (non-hydrogen) atoms. The molecule has 0 amide bonds. The Morgan fingerprint density at radius 3 is 2.28 bits per heavy atom. The second kappa shape index (κ2) is 8.44. The van der Waals surface area contributed by atoms with Crippen LogP contribution in [0.15, 0.2) is 0 Å². The van der Waals surface area contributed by atoms with Crippen molar-refractivity contribution in [2.75, 3.05) is 32.2 Å². The molecule has 1 unspecified atom stereocenters. The van der Waals surface area contributed by atoms with E-state index in [1.165, 1.54) is 50.7 Å². The van der Waals surface area contributed by atoms with Gasteiger partial charge in [0.1, 0.15) is 0 Å². The third-order valence-corrected chi connectivity index (χ3v) is 5.26. The Hall–Kier alpha value is 0.270. The number of thioether (sulfide) groups is 1. The first kappa shape index (κ1) is 16.3. The van der Waals surface area contributed by atoms with Crippen molar-refractivity contribution in [1.29, 1.82) is 0 Å². The zero-order valence-corrected chi connectivity index (χ0v) is 13.3. The van der Waals surface area contributed by atoms with Crippen LogP contribution in [-0.4, -0.2) is 48.3 Å². The van der Waals surface area contributed by atoms with Crippen LogP contribution in [-0.2, 0) is 0 Å². The van der Waals surface area contributed by atoms with Crippen LogP contribution < -0.4 is 0 Å². The number of aliphatic hydroxyl groups excluding tert-OH is 1. The van der Waals surface area contributed by atoms with Crippen molar-refractivity contribution in [2.45, 2.75) is 57.9 Å². The molecule has 0 bridgehead atoms. The maximum Gasteiger partial charge on any atom is 0.0499 e. The second-order valence-corrected chi connectivity index (χ2v) is 6.92. The Labute approximate surface area is 118 Å². The number of nitrogens with zero attached hydrogens (tertiary/aromatic N) is 1. The van der Waals surface area contributed by atoms with Gasteiger partial charge in [0.15, 0.2) is 0 Å². The van der Waals surface area contributed by atoms with E-state index in [0.29, 0.717) is 12.6 Å². The third kappa shape index (κ3) is 4.75. The Bertz CT molecular complexity index is 215. The summed E-state index contributed by atoms with van der Waals surface area (Å²) in [5.74, 6) is 1.20. The van der Waals surface area contributed by atoms with E-state index in [2.05, 4.69) is 25.1 Å². The highest BCUT2D eigenvalue weighted by atomic mass is 32.2. The van der Waals surface area contributed by atoms with Gasteiger partial charge in [-0.1, -0.05) is 32.6 Å². The van der Waals surface area contributed by atoms with Gasteiger partial charge >= 0.3 is 0 Å². The quantitative estimate of drug-likeness (QED) is 0.719. The fourth-order valence-corrected chi connectivity index (χ4v) is 4.13. The van der Waals surface area contributed by atoms with Gasteiger partial charge in [0.05, 0.1) is 0 Å². The van der Waals surface area contributed by atoms with Crippen LogP contribution in [0.1, 0.15) is 51.9 Å². The van der Waals surface area contributed by atoms with Gasteiger partial charge in [-0.15, -0.1) is 0 Å². The molecule has 0 aliphatic heterocycles. The summed E-state index contributed by atoms with van der Waals surface area (Å²) in [4.78, 5) is 2.50. The molecular formula is C15H31NOS. The highest BCUT2D eigenvalue weighted by molar-refractivity contribution is 7.98. The molecule has 1 rings (SSSR count). The van der Waals surface area contributed by atoms with Crippen molar-refractivity contribution in [3.8, 4) is 0 Å². The van der Waals surface area contributed by atoms with Gasteiger partial charge in [0, 0.05) is 30.4 Å². The van der Waals surface area contributed by atoms with Crippen molar-refractivity contribution >= 4 is 11.8 Å². The van der Waals surface area contributed by atoms with Gasteiger partial charge in [-0.05, 0) is 32.6 Å². The Balaban J connectivity index is 2.59. The predicted molar refractivity (Wildman–Crippen MR) is 82.3 cm³/mol. The molecule has 1 saturated carbocycles. The van der Waals surface area contributed by atoms with Gasteiger partial charge in [0.25, 0.3) is 0 Å². The highest BCUT2D eigenvalue weighted by Gasteiger charge is 2.32. The average Bonchev–Trinajstić information content (AvgIpc) is 2.62. The minimum Gasteiger partial charge on any atom is -0.396 e. The molecule has 3 heteroatoms. The first-order valence-corrected chi connectivity index (χ1v) is 8.87. The molecule has 108 valence electrons. The van der Waals surface area contributed by atoms with Crippen molar-refractivity contribution in [3.05, 3.63) is 0 Å². The summed E-state index contributed by atoms with van der Waals surface area (Å²) in [6, 6.07) is 0.659. The van der Waals surface area contributed by atoms with Gasteiger partial charge in [-0.25, -0.2) is 0 Å². The summed E-state index contributed by atoms with van der Waals surface area (Å²) in [7, 11) is 2.24. The Morgan fingerprint density at radius 1 is 1.22 bits per heavy atom. The van der Waals surface area contributed by atoms with E-state index >= 15 is 0 Å². The molecule has 1 aliphatic rings. The number of hydrogen-bond donors (Lipinski definition) is 1. The molecule has 0 aromatic rings. The van der Waals surface area contributed by atoms with Crippen molar-refractivity contribution < 1.29 is 5.11 Å². The fourth-order valence-electron chi connectivity index (χ4n) is 3.25. The smallest absolute Gasteiger partial charge is 0.0499 e. The molecule has 0 radical (unpaired) electrons. The number of aliphatic hydroxyl groups is 1. The average molecular weight is 273 g/mol. The minimum absolute atomic E-state index is 0.178. The van der Waals surface area contributed by atoms with Crippen LogP contribution in [0.5, 0.6) is 0 Å². The molecule has 0 aromatic heterocycles. The molecular weight excluding hydrogens is 242 g/mol. The van der Waals surface area contributed by atoms with Crippen LogP contribution in [0.4, 0.5) is 0 Å². The van der Waals surface area contributed by atoms with Crippen LogP contribution >= 0.6 is 11.8 Å². The molecule has 1 atom stereocenters. The Kier molecular flexibility index (Phi) is 7.66. The van der Waals surface area contributed by atoms with Crippen LogP contribution in [0.3, 0.4) is 0 Å². The van der Waals surface area contributed by atoms with Gasteiger partial charge < -0.3 is 10.0 Å².